The van der Waals surface area contributed by atoms with Crippen LogP contribution in [0.1, 0.15) is 37.6 Å². The van der Waals surface area contributed by atoms with Gasteiger partial charge in [-0.2, -0.15) is 0 Å². The lowest BCUT2D eigenvalue weighted by atomic mass is 10.1. The van der Waals surface area contributed by atoms with Crippen molar-refractivity contribution < 1.29 is 9.90 Å². The van der Waals surface area contributed by atoms with Gasteiger partial charge in [-0.25, -0.2) is 4.79 Å². The van der Waals surface area contributed by atoms with Crippen LogP contribution in [0.25, 0.3) is 0 Å². The molecule has 100 valence electrons. The predicted molar refractivity (Wildman–Crippen MR) is 75.2 cm³/mol. The second-order valence-corrected chi connectivity index (χ2v) is 4.60. The molecule has 3 N–H and O–H groups in total. The van der Waals surface area contributed by atoms with Gasteiger partial charge in [-0.3, -0.25) is 0 Å². The van der Waals surface area contributed by atoms with Gasteiger partial charge in [0.25, 0.3) is 0 Å². The van der Waals surface area contributed by atoms with E-state index >= 15 is 0 Å². The number of carbonyl (C=O) groups is 1. The highest BCUT2D eigenvalue weighted by Crippen LogP contribution is 2.28. The average molecular weight is 250 g/mol. The molecule has 18 heavy (non-hydrogen) atoms. The van der Waals surface area contributed by atoms with E-state index in [2.05, 4.69) is 13.8 Å². The first-order chi connectivity index (χ1) is 8.51. The van der Waals surface area contributed by atoms with Crippen LogP contribution in [0.3, 0.4) is 0 Å². The molecule has 1 aromatic carbocycles. The summed E-state index contributed by atoms with van der Waals surface area (Å²) in [6.45, 7) is 7.87. The Morgan fingerprint density at radius 2 is 2.11 bits per heavy atom. The normalized spacial score (nSPS) is 12.2. The van der Waals surface area contributed by atoms with Crippen molar-refractivity contribution in [3.63, 3.8) is 0 Å². The fourth-order valence-corrected chi connectivity index (χ4v) is 1.97. The maximum atomic E-state index is 11.3. The average Bonchev–Trinajstić information content (AvgIpc) is 2.35. The molecule has 4 nitrogen and oxygen atoms in total. The standard InChI is InChI=1S/C14H22N2O2/c1-4-10(3)9-16(5-2)13-11(14(17)18)7-6-8-12(13)15/h6-8,10H,4-5,9,15H2,1-3H3,(H,17,18). The molecule has 0 radical (unpaired) electrons. The number of para-hydroxylation sites is 1. The lowest BCUT2D eigenvalue weighted by Crippen LogP contribution is -2.30. The molecular weight excluding hydrogens is 228 g/mol. The first-order valence-electron chi connectivity index (χ1n) is 6.37. The van der Waals surface area contributed by atoms with E-state index in [1.54, 1.807) is 18.2 Å². The maximum absolute atomic E-state index is 11.3. The zero-order valence-electron chi connectivity index (χ0n) is 11.3. The number of benzene rings is 1. The maximum Gasteiger partial charge on any atom is 0.337 e. The summed E-state index contributed by atoms with van der Waals surface area (Å²) in [7, 11) is 0. The predicted octanol–water partition coefficient (Wildman–Crippen LogP) is 2.84. The van der Waals surface area contributed by atoms with Gasteiger partial charge in [0.1, 0.15) is 0 Å². The number of nitrogens with zero attached hydrogens (tertiary/aromatic N) is 1. The molecule has 1 atom stereocenters. The Morgan fingerprint density at radius 1 is 1.44 bits per heavy atom. The first-order valence-corrected chi connectivity index (χ1v) is 6.37. The number of nitrogen functional groups attached to an aromatic ring is 1. The van der Waals surface area contributed by atoms with Crippen molar-refractivity contribution in [3.8, 4) is 0 Å². The number of hydrogen-bond acceptors (Lipinski definition) is 3. The molecule has 1 rings (SSSR count). The van der Waals surface area contributed by atoms with Gasteiger partial charge in [-0.1, -0.05) is 26.3 Å². The summed E-state index contributed by atoms with van der Waals surface area (Å²) in [6, 6.07) is 5.04. The molecule has 1 unspecified atom stereocenters. The van der Waals surface area contributed by atoms with Crippen molar-refractivity contribution in [2.75, 3.05) is 23.7 Å². The molecule has 0 amide bonds. The zero-order chi connectivity index (χ0) is 13.7. The van der Waals surface area contributed by atoms with Gasteiger partial charge >= 0.3 is 5.97 Å². The van der Waals surface area contributed by atoms with Gasteiger partial charge in [0, 0.05) is 13.1 Å². The molecule has 0 aliphatic heterocycles. The zero-order valence-corrected chi connectivity index (χ0v) is 11.3. The van der Waals surface area contributed by atoms with Crippen molar-refractivity contribution in [2.24, 2.45) is 5.92 Å². The Kier molecular flexibility index (Phi) is 5.01. The van der Waals surface area contributed by atoms with Crippen LogP contribution in [0, 0.1) is 5.92 Å². The van der Waals surface area contributed by atoms with Crippen LogP contribution in [0.2, 0.25) is 0 Å². The summed E-state index contributed by atoms with van der Waals surface area (Å²) >= 11 is 0. The summed E-state index contributed by atoms with van der Waals surface area (Å²) in [6.07, 6.45) is 1.06. The molecule has 0 fully saturated rings. The van der Waals surface area contributed by atoms with Crippen molar-refractivity contribution in [1.82, 2.24) is 0 Å². The van der Waals surface area contributed by atoms with Crippen molar-refractivity contribution in [3.05, 3.63) is 23.8 Å². The summed E-state index contributed by atoms with van der Waals surface area (Å²) in [5.41, 5.74) is 7.40. The highest BCUT2D eigenvalue weighted by molar-refractivity contribution is 5.98. The number of hydrogen-bond donors (Lipinski definition) is 2. The molecule has 0 saturated heterocycles. The monoisotopic (exact) mass is 250 g/mol. The number of rotatable bonds is 6. The number of aromatic carboxylic acids is 1. The van der Waals surface area contributed by atoms with Gasteiger partial charge in [0.05, 0.1) is 16.9 Å². The van der Waals surface area contributed by atoms with Gasteiger partial charge in [-0.05, 0) is 25.0 Å². The smallest absolute Gasteiger partial charge is 0.337 e. The molecule has 0 aromatic heterocycles. The molecule has 0 saturated carbocycles. The van der Waals surface area contributed by atoms with Gasteiger partial charge < -0.3 is 15.7 Å². The number of anilines is 2. The summed E-state index contributed by atoms with van der Waals surface area (Å²) < 4.78 is 0. The van der Waals surface area contributed by atoms with Crippen molar-refractivity contribution in [2.45, 2.75) is 27.2 Å². The van der Waals surface area contributed by atoms with E-state index in [4.69, 9.17) is 5.73 Å². The van der Waals surface area contributed by atoms with Gasteiger partial charge in [0.15, 0.2) is 0 Å². The van der Waals surface area contributed by atoms with Gasteiger partial charge in [0.2, 0.25) is 0 Å². The topological polar surface area (TPSA) is 66.6 Å². The van der Waals surface area contributed by atoms with E-state index in [0.717, 1.165) is 19.5 Å². The minimum Gasteiger partial charge on any atom is -0.478 e. The van der Waals surface area contributed by atoms with Crippen LogP contribution in [0.15, 0.2) is 18.2 Å². The Labute approximate surface area is 108 Å². The second kappa shape index (κ2) is 6.28. The highest BCUT2D eigenvalue weighted by Gasteiger charge is 2.18. The van der Waals surface area contributed by atoms with E-state index in [9.17, 15) is 9.90 Å². The van der Waals surface area contributed by atoms with Crippen LogP contribution >= 0.6 is 0 Å². The number of carboxylic acid groups (broad SMARTS) is 1. The van der Waals surface area contributed by atoms with Crippen LogP contribution < -0.4 is 10.6 Å². The quantitative estimate of drug-likeness (QED) is 0.762. The molecule has 0 aliphatic rings. The Hall–Kier alpha value is -1.71. The SMILES string of the molecule is CCC(C)CN(CC)c1c(N)cccc1C(=O)O. The van der Waals surface area contributed by atoms with Crippen LogP contribution in [-0.4, -0.2) is 24.2 Å². The van der Waals surface area contributed by atoms with E-state index in [-0.39, 0.29) is 5.56 Å². The Balaban J connectivity index is 3.15. The minimum absolute atomic E-state index is 0.278. The lowest BCUT2D eigenvalue weighted by Gasteiger charge is -2.28. The van der Waals surface area contributed by atoms with Crippen LogP contribution in [-0.2, 0) is 0 Å². The second-order valence-electron chi connectivity index (χ2n) is 4.60. The van der Waals surface area contributed by atoms with Crippen molar-refractivity contribution >= 4 is 17.3 Å². The third-order valence-corrected chi connectivity index (χ3v) is 3.22. The molecule has 0 bridgehead atoms. The third kappa shape index (κ3) is 3.15. The lowest BCUT2D eigenvalue weighted by molar-refractivity contribution is 0.0697. The Bertz CT molecular complexity index is 418. The van der Waals surface area contributed by atoms with E-state index in [1.807, 2.05) is 11.8 Å². The number of nitrogens with two attached hydrogens (primary N) is 1. The summed E-state index contributed by atoms with van der Waals surface area (Å²) in [4.78, 5) is 13.3. The molecule has 4 heteroatoms. The van der Waals surface area contributed by atoms with Crippen LogP contribution in [0.5, 0.6) is 0 Å². The highest BCUT2D eigenvalue weighted by atomic mass is 16.4. The Morgan fingerprint density at radius 3 is 2.61 bits per heavy atom. The van der Waals surface area contributed by atoms with Crippen molar-refractivity contribution in [1.29, 1.82) is 0 Å². The number of carboxylic acids is 1. The molecule has 1 aromatic rings. The minimum atomic E-state index is -0.931. The first kappa shape index (κ1) is 14.4. The third-order valence-electron chi connectivity index (χ3n) is 3.22. The fraction of sp³-hybridized carbons (Fsp3) is 0.500. The van der Waals surface area contributed by atoms with Gasteiger partial charge in [-0.15, -0.1) is 0 Å². The molecule has 0 aliphatic carbocycles. The largest absolute Gasteiger partial charge is 0.478 e. The molecular formula is C14H22N2O2. The molecule has 0 heterocycles. The summed E-state index contributed by atoms with van der Waals surface area (Å²) in [5, 5.41) is 9.24. The molecule has 0 spiro atoms. The van der Waals surface area contributed by atoms with E-state index in [0.29, 0.717) is 17.3 Å². The fourth-order valence-electron chi connectivity index (χ4n) is 1.97. The summed E-state index contributed by atoms with van der Waals surface area (Å²) in [5.74, 6) is -0.425. The van der Waals surface area contributed by atoms with Crippen LogP contribution in [0.4, 0.5) is 11.4 Å². The van der Waals surface area contributed by atoms with E-state index < -0.39 is 5.97 Å². The van der Waals surface area contributed by atoms with E-state index in [1.165, 1.54) is 0 Å².